The van der Waals surface area contributed by atoms with Crippen molar-refractivity contribution in [2.24, 2.45) is 0 Å². The Kier molecular flexibility index (Phi) is 4.74. The average Bonchev–Trinajstić information content (AvgIpc) is 2.80. The maximum absolute atomic E-state index is 4.40. The van der Waals surface area contributed by atoms with Gasteiger partial charge in [-0.15, -0.1) is 5.10 Å². The van der Waals surface area contributed by atoms with E-state index >= 15 is 0 Å². The molecule has 5 nitrogen and oxygen atoms in total. The molecule has 1 N–H and O–H groups in total. The van der Waals surface area contributed by atoms with Gasteiger partial charge < -0.3 is 10.2 Å². The molecule has 0 aromatic carbocycles. The Bertz CT molecular complexity index is 472. The standard InChI is InChI=1S/C14H23N5/c1-12(2)18(3)10-7-5-9-15-14-16-13-8-4-6-11-19(13)17-14/h4,6,8,11-12H,5,7,9-10H2,1-3H3,(H,15,17). The summed E-state index contributed by atoms with van der Waals surface area (Å²) in [5, 5.41) is 7.63. The second kappa shape index (κ2) is 6.52. The molecular formula is C14H23N5. The van der Waals surface area contributed by atoms with Gasteiger partial charge in [0.2, 0.25) is 5.95 Å². The highest BCUT2D eigenvalue weighted by Crippen LogP contribution is 2.05. The van der Waals surface area contributed by atoms with Gasteiger partial charge in [0, 0.05) is 18.8 Å². The van der Waals surface area contributed by atoms with E-state index in [0.29, 0.717) is 12.0 Å². The van der Waals surface area contributed by atoms with Crippen molar-refractivity contribution in [2.75, 3.05) is 25.5 Å². The second-order valence-electron chi connectivity index (χ2n) is 5.15. The minimum Gasteiger partial charge on any atom is -0.353 e. The predicted molar refractivity (Wildman–Crippen MR) is 78.5 cm³/mol. The molecule has 2 aromatic heterocycles. The van der Waals surface area contributed by atoms with Crippen LogP contribution in [0.4, 0.5) is 5.95 Å². The molecule has 5 heteroatoms. The van der Waals surface area contributed by atoms with E-state index in [1.165, 1.54) is 6.42 Å². The van der Waals surface area contributed by atoms with Crippen LogP contribution in [-0.2, 0) is 0 Å². The minimum atomic E-state index is 0.619. The largest absolute Gasteiger partial charge is 0.353 e. The highest BCUT2D eigenvalue weighted by Gasteiger charge is 2.03. The monoisotopic (exact) mass is 261 g/mol. The number of hydrogen-bond donors (Lipinski definition) is 1. The van der Waals surface area contributed by atoms with Crippen LogP contribution in [-0.4, -0.2) is 45.7 Å². The molecule has 0 atom stereocenters. The fraction of sp³-hybridized carbons (Fsp3) is 0.571. The number of nitrogens with one attached hydrogen (secondary N) is 1. The predicted octanol–water partition coefficient (Wildman–Crippen LogP) is 2.26. The van der Waals surface area contributed by atoms with Crippen molar-refractivity contribution in [1.29, 1.82) is 0 Å². The average molecular weight is 261 g/mol. The van der Waals surface area contributed by atoms with Crippen molar-refractivity contribution in [2.45, 2.75) is 32.7 Å². The molecule has 0 aliphatic carbocycles. The van der Waals surface area contributed by atoms with E-state index in [1.807, 2.05) is 24.4 Å². The van der Waals surface area contributed by atoms with Crippen molar-refractivity contribution in [1.82, 2.24) is 19.5 Å². The molecule has 0 fully saturated rings. The van der Waals surface area contributed by atoms with Crippen molar-refractivity contribution in [3.63, 3.8) is 0 Å². The molecule has 2 heterocycles. The normalized spacial score (nSPS) is 11.6. The Hall–Kier alpha value is -1.62. The second-order valence-corrected chi connectivity index (χ2v) is 5.15. The lowest BCUT2D eigenvalue weighted by molar-refractivity contribution is 0.269. The first kappa shape index (κ1) is 13.8. The third-order valence-electron chi connectivity index (χ3n) is 3.34. The maximum Gasteiger partial charge on any atom is 0.243 e. The zero-order valence-electron chi connectivity index (χ0n) is 12.0. The molecule has 0 saturated carbocycles. The summed E-state index contributed by atoms with van der Waals surface area (Å²) in [5.74, 6) is 0.711. The first-order valence-corrected chi connectivity index (χ1v) is 6.92. The number of rotatable bonds is 7. The van der Waals surface area contributed by atoms with Crippen LogP contribution in [0.2, 0.25) is 0 Å². The first-order chi connectivity index (χ1) is 9.16. The van der Waals surface area contributed by atoms with Crippen molar-refractivity contribution in [3.05, 3.63) is 24.4 Å². The molecule has 0 radical (unpaired) electrons. The van der Waals surface area contributed by atoms with Crippen LogP contribution < -0.4 is 5.32 Å². The van der Waals surface area contributed by atoms with E-state index in [2.05, 4.69) is 41.2 Å². The number of hydrogen-bond acceptors (Lipinski definition) is 4. The molecular weight excluding hydrogens is 238 g/mol. The van der Waals surface area contributed by atoms with Gasteiger partial charge in [-0.05, 0) is 52.4 Å². The molecule has 0 bridgehead atoms. The van der Waals surface area contributed by atoms with Gasteiger partial charge in [-0.3, -0.25) is 0 Å². The Labute approximate surface area is 114 Å². The molecule has 104 valence electrons. The fourth-order valence-corrected chi connectivity index (χ4v) is 1.85. The topological polar surface area (TPSA) is 45.5 Å². The highest BCUT2D eigenvalue weighted by molar-refractivity contribution is 5.42. The van der Waals surface area contributed by atoms with Crippen molar-refractivity contribution < 1.29 is 0 Å². The highest BCUT2D eigenvalue weighted by atomic mass is 15.3. The number of aromatic nitrogens is 3. The van der Waals surface area contributed by atoms with Crippen LogP contribution in [0.3, 0.4) is 0 Å². The van der Waals surface area contributed by atoms with Gasteiger partial charge in [-0.2, -0.15) is 4.98 Å². The zero-order valence-corrected chi connectivity index (χ0v) is 12.0. The summed E-state index contributed by atoms with van der Waals surface area (Å²) in [6, 6.07) is 6.49. The van der Waals surface area contributed by atoms with Gasteiger partial charge >= 0.3 is 0 Å². The Morgan fingerprint density at radius 3 is 2.89 bits per heavy atom. The zero-order chi connectivity index (χ0) is 13.7. The minimum absolute atomic E-state index is 0.619. The summed E-state index contributed by atoms with van der Waals surface area (Å²) >= 11 is 0. The van der Waals surface area contributed by atoms with Gasteiger partial charge in [-0.25, -0.2) is 4.52 Å². The van der Waals surface area contributed by atoms with Crippen LogP contribution >= 0.6 is 0 Å². The molecule has 0 unspecified atom stereocenters. The summed E-state index contributed by atoms with van der Waals surface area (Å²) in [5.41, 5.74) is 0.879. The van der Waals surface area contributed by atoms with Crippen LogP contribution in [0.15, 0.2) is 24.4 Å². The molecule has 2 rings (SSSR count). The van der Waals surface area contributed by atoms with E-state index in [1.54, 1.807) is 4.52 Å². The lowest BCUT2D eigenvalue weighted by Crippen LogP contribution is -2.27. The lowest BCUT2D eigenvalue weighted by atomic mass is 10.2. The van der Waals surface area contributed by atoms with Crippen molar-refractivity contribution in [3.8, 4) is 0 Å². The SMILES string of the molecule is CC(C)N(C)CCCCNc1nc2ccccn2n1. The van der Waals surface area contributed by atoms with Gasteiger partial charge in [-0.1, -0.05) is 6.07 Å². The quantitative estimate of drug-likeness (QED) is 0.777. The summed E-state index contributed by atoms with van der Waals surface area (Å²) < 4.78 is 1.79. The summed E-state index contributed by atoms with van der Waals surface area (Å²) in [4.78, 5) is 6.77. The van der Waals surface area contributed by atoms with E-state index in [-0.39, 0.29) is 0 Å². The lowest BCUT2D eigenvalue weighted by Gasteiger charge is -2.20. The molecule has 0 spiro atoms. The summed E-state index contributed by atoms with van der Waals surface area (Å²) in [6.45, 7) is 6.50. The van der Waals surface area contributed by atoms with Gasteiger partial charge in [0.15, 0.2) is 5.65 Å². The summed E-state index contributed by atoms with van der Waals surface area (Å²) in [7, 11) is 2.17. The van der Waals surface area contributed by atoms with Crippen LogP contribution in [0.5, 0.6) is 0 Å². The van der Waals surface area contributed by atoms with Gasteiger partial charge in [0.25, 0.3) is 0 Å². The first-order valence-electron chi connectivity index (χ1n) is 6.92. The van der Waals surface area contributed by atoms with E-state index in [9.17, 15) is 0 Å². The molecule has 19 heavy (non-hydrogen) atoms. The van der Waals surface area contributed by atoms with Gasteiger partial charge in [0.05, 0.1) is 0 Å². The van der Waals surface area contributed by atoms with Crippen LogP contribution in [0.25, 0.3) is 5.65 Å². The number of anilines is 1. The summed E-state index contributed by atoms with van der Waals surface area (Å²) in [6.07, 6.45) is 4.23. The molecule has 0 saturated heterocycles. The third-order valence-corrected chi connectivity index (χ3v) is 3.34. The van der Waals surface area contributed by atoms with Crippen LogP contribution in [0.1, 0.15) is 26.7 Å². The number of nitrogens with zero attached hydrogens (tertiary/aromatic N) is 4. The number of pyridine rings is 1. The molecule has 2 aromatic rings. The van der Waals surface area contributed by atoms with E-state index in [0.717, 1.165) is 25.2 Å². The smallest absolute Gasteiger partial charge is 0.243 e. The Morgan fingerprint density at radius 1 is 1.32 bits per heavy atom. The number of unbranched alkanes of at least 4 members (excludes halogenated alkanes) is 1. The van der Waals surface area contributed by atoms with E-state index < -0.39 is 0 Å². The van der Waals surface area contributed by atoms with Crippen molar-refractivity contribution >= 4 is 11.6 Å². The molecule has 0 amide bonds. The molecule has 0 aliphatic rings. The third kappa shape index (κ3) is 3.92. The van der Waals surface area contributed by atoms with E-state index in [4.69, 9.17) is 0 Å². The maximum atomic E-state index is 4.40. The Morgan fingerprint density at radius 2 is 2.16 bits per heavy atom. The molecule has 0 aliphatic heterocycles. The fourth-order valence-electron chi connectivity index (χ4n) is 1.85. The number of fused-ring (bicyclic) bond motifs is 1. The Balaban J connectivity index is 1.71. The van der Waals surface area contributed by atoms with Gasteiger partial charge in [0.1, 0.15) is 0 Å². The van der Waals surface area contributed by atoms with Crippen LogP contribution in [0, 0.1) is 0 Å².